The van der Waals surface area contributed by atoms with E-state index in [4.69, 9.17) is 0 Å². The van der Waals surface area contributed by atoms with Gasteiger partial charge in [0.25, 0.3) is 0 Å². The summed E-state index contributed by atoms with van der Waals surface area (Å²) in [7, 11) is 0. The smallest absolute Gasteiger partial charge is 0.145 e. The van der Waals surface area contributed by atoms with Gasteiger partial charge in [-0.15, -0.1) is 0 Å². The summed E-state index contributed by atoms with van der Waals surface area (Å²) in [6.07, 6.45) is 3.13. The maximum atomic E-state index is 9.92. The maximum Gasteiger partial charge on any atom is 0.145 e. The van der Waals surface area contributed by atoms with E-state index in [0.29, 0.717) is 22.5 Å². The normalized spacial score (nSPS) is 11.7. The van der Waals surface area contributed by atoms with E-state index in [0.717, 1.165) is 11.4 Å². The third kappa shape index (κ3) is 4.12. The lowest BCUT2D eigenvalue weighted by Crippen LogP contribution is -1.94. The SMILES string of the molecule is Cc1cc(/C=N/C/N=C/c2cc(C)nc(C)c2O)c(O)c(C)n1. The first-order chi connectivity index (χ1) is 10.9. The molecule has 2 N–H and O–H groups in total. The molecule has 0 aliphatic carbocycles. The standard InChI is InChI=1S/C17H20N4O2/c1-10-5-14(16(22)12(3)20-10)7-18-9-19-8-15-6-11(2)21-13(4)17(15)23/h5-8,22-23H,9H2,1-4H3/b18-7+,19-8+. The first-order valence-electron chi connectivity index (χ1n) is 7.22. The average Bonchev–Trinajstić information content (AvgIpc) is 2.48. The number of hydrogen-bond donors (Lipinski definition) is 2. The van der Waals surface area contributed by atoms with E-state index >= 15 is 0 Å². The summed E-state index contributed by atoms with van der Waals surface area (Å²) in [4.78, 5) is 16.7. The summed E-state index contributed by atoms with van der Waals surface area (Å²) in [5, 5.41) is 19.8. The Kier molecular flexibility index (Phi) is 5.05. The minimum atomic E-state index is 0.126. The van der Waals surface area contributed by atoms with E-state index in [2.05, 4.69) is 20.0 Å². The highest BCUT2D eigenvalue weighted by molar-refractivity contribution is 5.85. The lowest BCUT2D eigenvalue weighted by Gasteiger charge is -2.04. The zero-order chi connectivity index (χ0) is 17.0. The lowest BCUT2D eigenvalue weighted by atomic mass is 10.2. The first-order valence-corrected chi connectivity index (χ1v) is 7.22. The molecule has 0 aliphatic rings. The van der Waals surface area contributed by atoms with Crippen molar-refractivity contribution in [3.63, 3.8) is 0 Å². The van der Waals surface area contributed by atoms with Crippen molar-refractivity contribution in [2.45, 2.75) is 27.7 Å². The highest BCUT2D eigenvalue weighted by Gasteiger charge is 2.05. The monoisotopic (exact) mass is 312 g/mol. The van der Waals surface area contributed by atoms with Gasteiger partial charge in [0.05, 0.1) is 11.4 Å². The molecule has 0 aliphatic heterocycles. The Labute approximate surface area is 135 Å². The molecule has 2 heterocycles. The Bertz CT molecular complexity index is 717. The van der Waals surface area contributed by atoms with Gasteiger partial charge in [-0.2, -0.15) is 0 Å². The summed E-state index contributed by atoms with van der Waals surface area (Å²) in [5.41, 5.74) is 4.01. The molecule has 2 aromatic heterocycles. The molecular weight excluding hydrogens is 292 g/mol. The van der Waals surface area contributed by atoms with Crippen LogP contribution in [0.5, 0.6) is 11.5 Å². The second-order valence-corrected chi connectivity index (χ2v) is 5.34. The number of aryl methyl sites for hydroxylation is 4. The van der Waals surface area contributed by atoms with Crippen molar-refractivity contribution in [3.05, 3.63) is 46.0 Å². The molecule has 0 aromatic carbocycles. The van der Waals surface area contributed by atoms with Gasteiger partial charge in [-0.05, 0) is 39.8 Å². The molecule has 6 nitrogen and oxygen atoms in total. The molecule has 2 aromatic rings. The zero-order valence-corrected chi connectivity index (χ0v) is 13.7. The number of aliphatic imine (C=N–C) groups is 2. The number of aromatic nitrogens is 2. The highest BCUT2D eigenvalue weighted by Crippen LogP contribution is 2.20. The molecule has 0 spiro atoms. The van der Waals surface area contributed by atoms with Crippen LogP contribution in [0.25, 0.3) is 0 Å². The van der Waals surface area contributed by atoms with Gasteiger partial charge in [-0.1, -0.05) is 0 Å². The Morgan fingerprint density at radius 2 is 1.22 bits per heavy atom. The van der Waals surface area contributed by atoms with Crippen molar-refractivity contribution >= 4 is 12.4 Å². The van der Waals surface area contributed by atoms with Crippen LogP contribution in [0.2, 0.25) is 0 Å². The summed E-state index contributed by atoms with van der Waals surface area (Å²) >= 11 is 0. The summed E-state index contributed by atoms with van der Waals surface area (Å²) in [6, 6.07) is 3.52. The van der Waals surface area contributed by atoms with Gasteiger partial charge in [0.2, 0.25) is 0 Å². The van der Waals surface area contributed by atoms with Crippen molar-refractivity contribution in [1.29, 1.82) is 0 Å². The third-order valence-corrected chi connectivity index (χ3v) is 3.27. The van der Waals surface area contributed by atoms with Crippen molar-refractivity contribution in [2.24, 2.45) is 9.98 Å². The summed E-state index contributed by atoms with van der Waals surface area (Å²) in [5.74, 6) is 0.253. The minimum absolute atomic E-state index is 0.126. The quantitative estimate of drug-likeness (QED) is 0.849. The van der Waals surface area contributed by atoms with Crippen LogP contribution in [0.1, 0.15) is 33.9 Å². The largest absolute Gasteiger partial charge is 0.505 e. The molecule has 23 heavy (non-hydrogen) atoms. The first kappa shape index (κ1) is 16.6. The second kappa shape index (κ2) is 7.00. The molecule has 0 saturated heterocycles. The highest BCUT2D eigenvalue weighted by atomic mass is 16.3. The zero-order valence-electron chi connectivity index (χ0n) is 13.7. The van der Waals surface area contributed by atoms with Crippen molar-refractivity contribution < 1.29 is 10.2 Å². The van der Waals surface area contributed by atoms with E-state index in [1.807, 2.05) is 13.8 Å². The molecule has 6 heteroatoms. The maximum absolute atomic E-state index is 9.92. The number of nitrogens with zero attached hydrogens (tertiary/aromatic N) is 4. The number of rotatable bonds is 4. The predicted molar refractivity (Wildman–Crippen MR) is 90.8 cm³/mol. The van der Waals surface area contributed by atoms with Gasteiger partial charge in [0, 0.05) is 34.9 Å². The van der Waals surface area contributed by atoms with E-state index in [9.17, 15) is 10.2 Å². The topological polar surface area (TPSA) is 91.0 Å². The van der Waals surface area contributed by atoms with E-state index < -0.39 is 0 Å². The molecule has 120 valence electrons. The van der Waals surface area contributed by atoms with Crippen molar-refractivity contribution in [2.75, 3.05) is 6.67 Å². The fourth-order valence-corrected chi connectivity index (χ4v) is 2.23. The molecule has 0 atom stereocenters. The van der Waals surface area contributed by atoms with E-state index in [-0.39, 0.29) is 18.2 Å². The van der Waals surface area contributed by atoms with Crippen LogP contribution in [0.15, 0.2) is 22.1 Å². The van der Waals surface area contributed by atoms with Gasteiger partial charge in [-0.3, -0.25) is 20.0 Å². The molecule has 0 bridgehead atoms. The van der Waals surface area contributed by atoms with Gasteiger partial charge in [0.1, 0.15) is 18.2 Å². The number of hydrogen-bond acceptors (Lipinski definition) is 6. The minimum Gasteiger partial charge on any atom is -0.505 e. The van der Waals surface area contributed by atoms with Crippen LogP contribution in [0, 0.1) is 27.7 Å². The Hall–Kier alpha value is -2.76. The number of pyridine rings is 2. The molecule has 0 saturated carbocycles. The molecule has 0 unspecified atom stereocenters. The molecule has 0 amide bonds. The average molecular weight is 312 g/mol. The summed E-state index contributed by atoms with van der Waals surface area (Å²) < 4.78 is 0. The Balaban J connectivity index is 2.08. The molecular formula is C17H20N4O2. The molecule has 2 rings (SSSR count). The van der Waals surface area contributed by atoms with Crippen LogP contribution in [0.3, 0.4) is 0 Å². The Morgan fingerprint density at radius 3 is 1.61 bits per heavy atom. The fraction of sp³-hybridized carbons (Fsp3) is 0.294. The Morgan fingerprint density at radius 1 is 0.826 bits per heavy atom. The fourth-order valence-electron chi connectivity index (χ4n) is 2.23. The molecule has 0 radical (unpaired) electrons. The van der Waals surface area contributed by atoms with Crippen LogP contribution in [-0.2, 0) is 0 Å². The van der Waals surface area contributed by atoms with E-state index in [1.165, 1.54) is 0 Å². The molecule has 0 fully saturated rings. The van der Waals surface area contributed by atoms with Crippen molar-refractivity contribution in [3.8, 4) is 11.5 Å². The van der Waals surface area contributed by atoms with Crippen molar-refractivity contribution in [1.82, 2.24) is 9.97 Å². The second-order valence-electron chi connectivity index (χ2n) is 5.34. The van der Waals surface area contributed by atoms with Gasteiger partial charge in [-0.25, -0.2) is 0 Å². The third-order valence-electron chi connectivity index (χ3n) is 3.27. The lowest BCUT2D eigenvalue weighted by molar-refractivity contribution is 0.466. The predicted octanol–water partition coefficient (Wildman–Crippen LogP) is 2.62. The van der Waals surface area contributed by atoms with Gasteiger partial charge in [0.15, 0.2) is 0 Å². The van der Waals surface area contributed by atoms with Crippen LogP contribution in [-0.4, -0.2) is 39.3 Å². The van der Waals surface area contributed by atoms with Crippen LogP contribution in [0.4, 0.5) is 0 Å². The summed E-state index contributed by atoms with van der Waals surface area (Å²) in [6.45, 7) is 7.40. The van der Waals surface area contributed by atoms with Gasteiger partial charge < -0.3 is 10.2 Å². The van der Waals surface area contributed by atoms with E-state index in [1.54, 1.807) is 38.4 Å². The van der Waals surface area contributed by atoms with Crippen LogP contribution < -0.4 is 0 Å². The van der Waals surface area contributed by atoms with Gasteiger partial charge >= 0.3 is 0 Å². The number of aromatic hydroxyl groups is 2. The van der Waals surface area contributed by atoms with Crippen LogP contribution >= 0.6 is 0 Å².